The second-order valence-corrected chi connectivity index (χ2v) is 4.25. The summed E-state index contributed by atoms with van der Waals surface area (Å²) in [5.41, 5.74) is 8.28. The smallest absolute Gasteiger partial charge is 0.161 e. The lowest BCUT2D eigenvalue weighted by Gasteiger charge is -2.06. The topological polar surface area (TPSA) is 51.8 Å². The number of aryl methyl sites for hydroxylation is 1. The van der Waals surface area contributed by atoms with Crippen LogP contribution in [-0.2, 0) is 6.42 Å². The third kappa shape index (κ3) is 3.42. The van der Waals surface area contributed by atoms with E-state index in [0.29, 0.717) is 17.4 Å². The Hall–Kier alpha value is -1.16. The van der Waals surface area contributed by atoms with Crippen molar-refractivity contribution in [2.24, 2.45) is 5.73 Å². The molecular weight excluding hydrogens is 269 g/mol. The zero-order valence-electron chi connectivity index (χ0n) is 10.1. The molecule has 0 atom stereocenters. The monoisotopic (exact) mass is 283 g/mol. The summed E-state index contributed by atoms with van der Waals surface area (Å²) < 4.78 is 0. The maximum atomic E-state index is 6.14. The number of hydrogen-bond donors (Lipinski definition) is 1. The van der Waals surface area contributed by atoms with Gasteiger partial charge in [-0.05, 0) is 31.7 Å². The number of halogens is 2. The summed E-state index contributed by atoms with van der Waals surface area (Å²) in [6.45, 7) is 2.53. The van der Waals surface area contributed by atoms with Crippen LogP contribution in [0.1, 0.15) is 11.4 Å². The van der Waals surface area contributed by atoms with Gasteiger partial charge in [0.25, 0.3) is 0 Å². The molecule has 0 radical (unpaired) electrons. The Balaban J connectivity index is 0.00000162. The summed E-state index contributed by atoms with van der Waals surface area (Å²) >= 11 is 6.14. The SMILES string of the molecule is Cc1cc(CCN)nc(-c2ccccc2Cl)n1.Cl. The predicted octanol–water partition coefficient (Wildman–Crippen LogP) is 3.03. The highest BCUT2D eigenvalue weighted by Crippen LogP contribution is 2.24. The van der Waals surface area contributed by atoms with Crippen LogP contribution in [0, 0.1) is 6.92 Å². The number of aromatic nitrogens is 2. The van der Waals surface area contributed by atoms with E-state index in [1.807, 2.05) is 37.3 Å². The standard InChI is InChI=1S/C13H14ClN3.ClH/c1-9-8-10(6-7-15)17-13(16-9)11-4-2-3-5-12(11)14;/h2-5,8H,6-7,15H2,1H3;1H. The summed E-state index contributed by atoms with van der Waals surface area (Å²) in [4.78, 5) is 8.89. The lowest BCUT2D eigenvalue weighted by molar-refractivity contribution is 0.905. The minimum atomic E-state index is 0. The van der Waals surface area contributed by atoms with Crippen LogP contribution in [0.15, 0.2) is 30.3 Å². The van der Waals surface area contributed by atoms with Crippen molar-refractivity contribution in [3.63, 3.8) is 0 Å². The normalized spacial score (nSPS) is 9.94. The van der Waals surface area contributed by atoms with Gasteiger partial charge in [-0.1, -0.05) is 23.7 Å². The molecular formula is C13H15Cl2N3. The van der Waals surface area contributed by atoms with Gasteiger partial charge >= 0.3 is 0 Å². The zero-order chi connectivity index (χ0) is 12.3. The van der Waals surface area contributed by atoms with E-state index < -0.39 is 0 Å². The van der Waals surface area contributed by atoms with Crippen LogP contribution in [0.2, 0.25) is 5.02 Å². The van der Waals surface area contributed by atoms with Gasteiger partial charge in [0.2, 0.25) is 0 Å². The van der Waals surface area contributed by atoms with Gasteiger partial charge in [-0.2, -0.15) is 0 Å². The van der Waals surface area contributed by atoms with Crippen molar-refractivity contribution in [2.75, 3.05) is 6.54 Å². The molecule has 0 fully saturated rings. The molecule has 0 bridgehead atoms. The van der Waals surface area contributed by atoms with E-state index in [2.05, 4.69) is 9.97 Å². The number of rotatable bonds is 3. The summed E-state index contributed by atoms with van der Waals surface area (Å²) in [5.74, 6) is 0.666. The Morgan fingerprint density at radius 2 is 1.94 bits per heavy atom. The van der Waals surface area contributed by atoms with Crippen LogP contribution in [0.4, 0.5) is 0 Å². The molecule has 3 nitrogen and oxygen atoms in total. The molecule has 2 rings (SSSR count). The molecule has 0 aliphatic carbocycles. The quantitative estimate of drug-likeness (QED) is 0.942. The highest BCUT2D eigenvalue weighted by atomic mass is 35.5. The minimum absolute atomic E-state index is 0. The maximum Gasteiger partial charge on any atom is 0.161 e. The molecule has 1 aromatic heterocycles. The van der Waals surface area contributed by atoms with Gasteiger partial charge < -0.3 is 5.73 Å². The average Bonchev–Trinajstić information content (AvgIpc) is 2.29. The van der Waals surface area contributed by atoms with Gasteiger partial charge in [0.1, 0.15) is 0 Å². The van der Waals surface area contributed by atoms with E-state index in [0.717, 1.165) is 23.4 Å². The molecule has 0 spiro atoms. The van der Waals surface area contributed by atoms with E-state index in [9.17, 15) is 0 Å². The molecule has 96 valence electrons. The molecule has 1 aromatic carbocycles. The first kappa shape index (κ1) is 14.9. The number of benzene rings is 1. The van der Waals surface area contributed by atoms with Gasteiger partial charge in [-0.15, -0.1) is 12.4 Å². The van der Waals surface area contributed by atoms with Crippen molar-refractivity contribution >= 4 is 24.0 Å². The second-order valence-electron chi connectivity index (χ2n) is 3.84. The first-order valence-electron chi connectivity index (χ1n) is 5.50. The van der Waals surface area contributed by atoms with Crippen molar-refractivity contribution in [2.45, 2.75) is 13.3 Å². The minimum Gasteiger partial charge on any atom is -0.330 e. The van der Waals surface area contributed by atoms with Crippen LogP contribution in [0.3, 0.4) is 0 Å². The van der Waals surface area contributed by atoms with E-state index >= 15 is 0 Å². The van der Waals surface area contributed by atoms with E-state index in [1.54, 1.807) is 0 Å². The zero-order valence-corrected chi connectivity index (χ0v) is 11.6. The van der Waals surface area contributed by atoms with Gasteiger partial charge in [0, 0.05) is 23.4 Å². The van der Waals surface area contributed by atoms with Crippen LogP contribution in [0.25, 0.3) is 11.4 Å². The van der Waals surface area contributed by atoms with Crippen LogP contribution >= 0.6 is 24.0 Å². The molecule has 2 N–H and O–H groups in total. The third-order valence-electron chi connectivity index (χ3n) is 2.42. The van der Waals surface area contributed by atoms with Gasteiger partial charge in [-0.3, -0.25) is 0 Å². The van der Waals surface area contributed by atoms with E-state index in [-0.39, 0.29) is 12.4 Å². The summed E-state index contributed by atoms with van der Waals surface area (Å²) in [6.07, 6.45) is 0.751. The molecule has 1 heterocycles. The highest BCUT2D eigenvalue weighted by Gasteiger charge is 2.07. The van der Waals surface area contributed by atoms with Crippen molar-refractivity contribution in [3.05, 3.63) is 46.7 Å². The lowest BCUT2D eigenvalue weighted by atomic mass is 10.2. The molecule has 0 aliphatic heterocycles. The number of nitrogens with zero attached hydrogens (tertiary/aromatic N) is 2. The van der Waals surface area contributed by atoms with Crippen molar-refractivity contribution in [3.8, 4) is 11.4 Å². The van der Waals surface area contributed by atoms with Crippen LogP contribution in [0.5, 0.6) is 0 Å². The Morgan fingerprint density at radius 1 is 1.22 bits per heavy atom. The lowest BCUT2D eigenvalue weighted by Crippen LogP contribution is -2.06. The van der Waals surface area contributed by atoms with E-state index in [4.69, 9.17) is 17.3 Å². The molecule has 5 heteroatoms. The molecule has 0 saturated carbocycles. The highest BCUT2D eigenvalue weighted by molar-refractivity contribution is 6.33. The van der Waals surface area contributed by atoms with Crippen molar-refractivity contribution in [1.82, 2.24) is 9.97 Å². The van der Waals surface area contributed by atoms with Gasteiger partial charge in [-0.25, -0.2) is 9.97 Å². The summed E-state index contributed by atoms with van der Waals surface area (Å²) in [5, 5.41) is 0.664. The summed E-state index contributed by atoms with van der Waals surface area (Å²) in [6, 6.07) is 9.53. The van der Waals surface area contributed by atoms with Crippen molar-refractivity contribution < 1.29 is 0 Å². The van der Waals surface area contributed by atoms with Crippen LogP contribution < -0.4 is 5.73 Å². The predicted molar refractivity (Wildman–Crippen MR) is 77.2 cm³/mol. The molecule has 0 amide bonds. The van der Waals surface area contributed by atoms with Gasteiger partial charge in [0.05, 0.1) is 5.02 Å². The molecule has 18 heavy (non-hydrogen) atoms. The largest absolute Gasteiger partial charge is 0.330 e. The van der Waals surface area contributed by atoms with Crippen LogP contribution in [-0.4, -0.2) is 16.5 Å². The fourth-order valence-electron chi connectivity index (χ4n) is 1.67. The first-order valence-corrected chi connectivity index (χ1v) is 5.88. The second kappa shape index (κ2) is 6.69. The first-order chi connectivity index (χ1) is 8.20. The Morgan fingerprint density at radius 3 is 2.61 bits per heavy atom. The Kier molecular flexibility index (Phi) is 5.54. The summed E-state index contributed by atoms with van der Waals surface area (Å²) in [7, 11) is 0. The molecule has 0 aliphatic rings. The fourth-order valence-corrected chi connectivity index (χ4v) is 1.89. The average molecular weight is 284 g/mol. The third-order valence-corrected chi connectivity index (χ3v) is 2.75. The molecule has 0 saturated heterocycles. The molecule has 2 aromatic rings. The molecule has 0 unspecified atom stereocenters. The Labute approximate surface area is 118 Å². The number of nitrogens with two attached hydrogens (primary N) is 1. The number of hydrogen-bond acceptors (Lipinski definition) is 3. The Bertz CT molecular complexity index is 529. The fraction of sp³-hybridized carbons (Fsp3) is 0.231. The maximum absolute atomic E-state index is 6.14. The van der Waals surface area contributed by atoms with E-state index in [1.165, 1.54) is 0 Å². The van der Waals surface area contributed by atoms with Crippen molar-refractivity contribution in [1.29, 1.82) is 0 Å². The van der Waals surface area contributed by atoms with Gasteiger partial charge in [0.15, 0.2) is 5.82 Å².